The van der Waals surface area contributed by atoms with Crippen LogP contribution in [0, 0.1) is 12.7 Å². The van der Waals surface area contributed by atoms with Crippen LogP contribution < -0.4 is 0 Å². The van der Waals surface area contributed by atoms with Gasteiger partial charge in [-0.1, -0.05) is 23.7 Å². The van der Waals surface area contributed by atoms with Crippen molar-refractivity contribution in [3.05, 3.63) is 77.2 Å². The first-order valence-corrected chi connectivity index (χ1v) is 7.00. The summed E-state index contributed by atoms with van der Waals surface area (Å²) in [6.45, 7) is 1.95. The molecule has 0 saturated carbocycles. The van der Waals surface area contributed by atoms with Gasteiger partial charge in [0.15, 0.2) is 0 Å². The second-order valence-electron chi connectivity index (χ2n) is 4.90. The Labute approximate surface area is 128 Å². The highest BCUT2D eigenvalue weighted by Crippen LogP contribution is 2.27. The molecule has 1 nitrogen and oxygen atoms in total. The first-order valence-electron chi connectivity index (χ1n) is 6.62. The van der Waals surface area contributed by atoms with Crippen LogP contribution in [0.25, 0.3) is 22.4 Å². The summed E-state index contributed by atoms with van der Waals surface area (Å²) in [5.74, 6) is -0.246. The van der Waals surface area contributed by atoms with E-state index in [0.717, 1.165) is 28.1 Å². The second kappa shape index (κ2) is 5.66. The molecular formula is C18H13ClFN. The molecule has 0 saturated heterocycles. The molecule has 0 atom stereocenters. The van der Waals surface area contributed by atoms with Gasteiger partial charge in [-0.3, -0.25) is 4.98 Å². The van der Waals surface area contributed by atoms with Crippen molar-refractivity contribution in [1.82, 2.24) is 4.98 Å². The van der Waals surface area contributed by atoms with Crippen LogP contribution in [0.1, 0.15) is 5.69 Å². The maximum atomic E-state index is 13.0. The molecule has 104 valence electrons. The van der Waals surface area contributed by atoms with Crippen molar-refractivity contribution in [2.24, 2.45) is 0 Å². The van der Waals surface area contributed by atoms with Crippen molar-refractivity contribution < 1.29 is 4.39 Å². The predicted octanol–water partition coefficient (Wildman–Crippen LogP) is 5.52. The Bertz CT molecular complexity index is 700. The zero-order valence-corrected chi connectivity index (χ0v) is 12.2. The molecule has 0 radical (unpaired) electrons. The molecule has 0 spiro atoms. The summed E-state index contributed by atoms with van der Waals surface area (Å²) in [6.07, 6.45) is 0. The Balaban J connectivity index is 2.07. The van der Waals surface area contributed by atoms with Gasteiger partial charge in [-0.2, -0.15) is 0 Å². The maximum absolute atomic E-state index is 13.0. The topological polar surface area (TPSA) is 12.9 Å². The summed E-state index contributed by atoms with van der Waals surface area (Å²) in [5.41, 5.74) is 4.80. The third kappa shape index (κ3) is 3.11. The standard InChI is InChI=1S/C18H13ClFN/c1-12-10-15(13-2-6-16(19)7-3-13)11-18(21-12)14-4-8-17(20)9-5-14/h2-11H,1H3. The lowest BCUT2D eigenvalue weighted by Gasteiger charge is -2.08. The SMILES string of the molecule is Cc1cc(-c2ccc(Cl)cc2)cc(-c2ccc(F)cc2)n1. The molecule has 0 aliphatic rings. The third-order valence-electron chi connectivity index (χ3n) is 3.27. The molecule has 21 heavy (non-hydrogen) atoms. The Morgan fingerprint density at radius 1 is 0.810 bits per heavy atom. The number of pyridine rings is 1. The molecular weight excluding hydrogens is 285 g/mol. The van der Waals surface area contributed by atoms with Crippen molar-refractivity contribution in [2.75, 3.05) is 0 Å². The molecule has 3 aromatic rings. The van der Waals surface area contributed by atoms with Crippen LogP contribution >= 0.6 is 11.6 Å². The van der Waals surface area contributed by atoms with Gasteiger partial charge in [0.1, 0.15) is 5.82 Å². The lowest BCUT2D eigenvalue weighted by molar-refractivity contribution is 0.628. The van der Waals surface area contributed by atoms with E-state index in [4.69, 9.17) is 11.6 Å². The summed E-state index contributed by atoms with van der Waals surface area (Å²) >= 11 is 5.92. The van der Waals surface area contributed by atoms with E-state index in [9.17, 15) is 4.39 Å². The lowest BCUT2D eigenvalue weighted by Crippen LogP contribution is -1.90. The predicted molar refractivity (Wildman–Crippen MR) is 84.8 cm³/mol. The number of rotatable bonds is 2. The zero-order chi connectivity index (χ0) is 14.8. The van der Waals surface area contributed by atoms with E-state index in [1.54, 1.807) is 12.1 Å². The first kappa shape index (κ1) is 13.8. The van der Waals surface area contributed by atoms with E-state index in [1.807, 2.05) is 43.3 Å². The van der Waals surface area contributed by atoms with Crippen LogP contribution in [0.2, 0.25) is 5.02 Å². The smallest absolute Gasteiger partial charge is 0.123 e. The average molecular weight is 298 g/mol. The average Bonchev–Trinajstić information content (AvgIpc) is 2.48. The van der Waals surface area contributed by atoms with E-state index in [1.165, 1.54) is 12.1 Å². The summed E-state index contributed by atoms with van der Waals surface area (Å²) in [7, 11) is 0. The van der Waals surface area contributed by atoms with Gasteiger partial charge in [-0.25, -0.2) is 4.39 Å². The molecule has 3 rings (SSSR count). The van der Waals surface area contributed by atoms with Crippen LogP contribution in [0.15, 0.2) is 60.7 Å². The number of benzene rings is 2. The van der Waals surface area contributed by atoms with Crippen molar-refractivity contribution in [3.63, 3.8) is 0 Å². The fourth-order valence-electron chi connectivity index (χ4n) is 2.25. The second-order valence-corrected chi connectivity index (χ2v) is 5.33. The molecule has 2 aromatic carbocycles. The summed E-state index contributed by atoms with van der Waals surface area (Å²) < 4.78 is 13.0. The Morgan fingerprint density at radius 2 is 1.43 bits per heavy atom. The Morgan fingerprint density at radius 3 is 2.10 bits per heavy atom. The number of nitrogens with zero attached hydrogens (tertiary/aromatic N) is 1. The molecule has 0 unspecified atom stereocenters. The van der Waals surface area contributed by atoms with E-state index < -0.39 is 0 Å². The third-order valence-corrected chi connectivity index (χ3v) is 3.52. The number of hydrogen-bond donors (Lipinski definition) is 0. The van der Waals surface area contributed by atoms with Gasteiger partial charge in [-0.15, -0.1) is 0 Å². The van der Waals surface area contributed by atoms with Crippen molar-refractivity contribution >= 4 is 11.6 Å². The minimum absolute atomic E-state index is 0.246. The van der Waals surface area contributed by atoms with Gasteiger partial charge in [0.2, 0.25) is 0 Å². The van der Waals surface area contributed by atoms with Gasteiger partial charge in [0, 0.05) is 16.3 Å². The minimum Gasteiger partial charge on any atom is -0.253 e. The van der Waals surface area contributed by atoms with Gasteiger partial charge in [0.05, 0.1) is 5.69 Å². The number of halogens is 2. The van der Waals surface area contributed by atoms with Crippen LogP contribution in [0.5, 0.6) is 0 Å². The molecule has 0 amide bonds. The highest BCUT2D eigenvalue weighted by Gasteiger charge is 2.05. The quantitative estimate of drug-likeness (QED) is 0.607. The fraction of sp³-hybridized carbons (Fsp3) is 0.0556. The normalized spacial score (nSPS) is 10.6. The highest BCUT2D eigenvalue weighted by atomic mass is 35.5. The summed E-state index contributed by atoms with van der Waals surface area (Å²) in [4.78, 5) is 4.53. The zero-order valence-electron chi connectivity index (χ0n) is 11.5. The van der Waals surface area contributed by atoms with Gasteiger partial charge < -0.3 is 0 Å². The highest BCUT2D eigenvalue weighted by molar-refractivity contribution is 6.30. The molecule has 0 aliphatic heterocycles. The molecule has 3 heteroatoms. The van der Waals surface area contributed by atoms with Crippen molar-refractivity contribution in [2.45, 2.75) is 6.92 Å². The molecule has 1 heterocycles. The number of aromatic nitrogens is 1. The van der Waals surface area contributed by atoms with Gasteiger partial charge in [0.25, 0.3) is 0 Å². The first-order chi connectivity index (χ1) is 10.1. The number of aryl methyl sites for hydroxylation is 1. The minimum atomic E-state index is -0.246. The summed E-state index contributed by atoms with van der Waals surface area (Å²) in [5, 5.41) is 0.711. The van der Waals surface area contributed by atoms with Crippen molar-refractivity contribution in [1.29, 1.82) is 0 Å². The molecule has 0 bridgehead atoms. The van der Waals surface area contributed by atoms with Crippen LogP contribution in [-0.4, -0.2) is 4.98 Å². The lowest BCUT2D eigenvalue weighted by atomic mass is 10.0. The molecule has 1 aromatic heterocycles. The van der Waals surface area contributed by atoms with E-state index in [-0.39, 0.29) is 5.82 Å². The molecule has 0 aliphatic carbocycles. The van der Waals surface area contributed by atoms with Crippen molar-refractivity contribution in [3.8, 4) is 22.4 Å². The molecule has 0 N–H and O–H groups in total. The maximum Gasteiger partial charge on any atom is 0.123 e. The molecule has 0 fully saturated rings. The summed E-state index contributed by atoms with van der Waals surface area (Å²) in [6, 6.07) is 18.1. The van der Waals surface area contributed by atoms with E-state index >= 15 is 0 Å². The van der Waals surface area contributed by atoms with Crippen LogP contribution in [-0.2, 0) is 0 Å². The van der Waals surface area contributed by atoms with Gasteiger partial charge in [-0.05, 0) is 66.6 Å². The van der Waals surface area contributed by atoms with Crippen LogP contribution in [0.4, 0.5) is 4.39 Å². The Kier molecular flexibility index (Phi) is 3.72. The van der Waals surface area contributed by atoms with E-state index in [2.05, 4.69) is 4.98 Å². The van der Waals surface area contributed by atoms with E-state index in [0.29, 0.717) is 5.02 Å². The number of hydrogen-bond acceptors (Lipinski definition) is 1. The van der Waals surface area contributed by atoms with Gasteiger partial charge >= 0.3 is 0 Å². The largest absolute Gasteiger partial charge is 0.253 e. The fourth-order valence-corrected chi connectivity index (χ4v) is 2.37. The Hall–Kier alpha value is -2.19. The monoisotopic (exact) mass is 297 g/mol. The van der Waals surface area contributed by atoms with Crippen LogP contribution in [0.3, 0.4) is 0 Å².